The maximum absolute atomic E-state index is 12.3. The van der Waals surface area contributed by atoms with Crippen molar-refractivity contribution < 1.29 is 17.9 Å². The number of nitrogens with zero attached hydrogens (tertiary/aromatic N) is 3. The summed E-state index contributed by atoms with van der Waals surface area (Å²) in [5.41, 5.74) is 1.56. The summed E-state index contributed by atoms with van der Waals surface area (Å²) >= 11 is 0. The molecule has 8 heteroatoms. The number of hydrogen-bond acceptors (Lipinski definition) is 7. The van der Waals surface area contributed by atoms with E-state index in [0.29, 0.717) is 0 Å². The lowest BCUT2D eigenvalue weighted by Crippen LogP contribution is -2.54. The normalized spacial score (nSPS) is 22.2. The molecule has 0 saturated carbocycles. The number of carbonyl (C=O) groups excluding carboxylic acids is 1. The number of fused-ring (bicyclic) bond motifs is 3. The van der Waals surface area contributed by atoms with Crippen molar-refractivity contribution in [1.29, 1.82) is 0 Å². The number of carbonyl (C=O) groups is 1. The Labute approximate surface area is 176 Å². The van der Waals surface area contributed by atoms with Crippen LogP contribution in [0.4, 0.5) is 17.1 Å². The summed E-state index contributed by atoms with van der Waals surface area (Å²) in [7, 11) is 0.578. The number of benzene rings is 2. The van der Waals surface area contributed by atoms with Crippen LogP contribution in [0.1, 0.15) is 19.4 Å². The molecule has 0 N–H and O–H groups in total. The molecule has 0 amide bonds. The monoisotopic (exact) mass is 427 g/mol. The van der Waals surface area contributed by atoms with E-state index in [1.807, 2.05) is 62.0 Å². The second-order valence-corrected chi connectivity index (χ2v) is 10.5. The van der Waals surface area contributed by atoms with Crippen molar-refractivity contribution in [1.82, 2.24) is 0 Å². The molecule has 2 aromatic rings. The van der Waals surface area contributed by atoms with Crippen LogP contribution in [0.15, 0.2) is 52.4 Å². The smallest absolute Gasteiger partial charge is 0.328 e. The molecule has 0 spiro atoms. The largest absolute Gasteiger partial charge is 0.431 e. The molecule has 1 fully saturated rings. The lowest BCUT2D eigenvalue weighted by Gasteiger charge is -2.37. The summed E-state index contributed by atoms with van der Waals surface area (Å²) < 4.78 is 30.0. The molecular weight excluding hydrogens is 402 g/mol. The van der Waals surface area contributed by atoms with Crippen LogP contribution in [-0.2, 0) is 24.8 Å². The molecule has 0 aliphatic carbocycles. The topological polar surface area (TPSA) is 79.3 Å². The minimum atomic E-state index is -3.36. The molecule has 1 saturated heterocycles. The summed E-state index contributed by atoms with van der Waals surface area (Å²) in [5, 5.41) is 0. The third-order valence-electron chi connectivity index (χ3n) is 5.97. The van der Waals surface area contributed by atoms with E-state index in [4.69, 9.17) is 4.74 Å². The van der Waals surface area contributed by atoms with Gasteiger partial charge in [-0.2, -0.15) is 0 Å². The standard InChI is InChI=1S/C22H25N3O4S/c1-21(2)18-12-17(30(5,27)28)10-11-19(18)25-13-20(26)29-22(21,25)14-23-15-6-8-16(9-7-15)24(3)4/h6-12,14H,13H2,1-5H3. The van der Waals surface area contributed by atoms with Crippen LogP contribution < -0.4 is 9.80 Å². The summed E-state index contributed by atoms with van der Waals surface area (Å²) in [5.74, 6) is -0.338. The summed E-state index contributed by atoms with van der Waals surface area (Å²) in [6.45, 7) is 3.97. The molecule has 1 unspecified atom stereocenters. The Morgan fingerprint density at radius 3 is 2.40 bits per heavy atom. The van der Waals surface area contributed by atoms with Crippen molar-refractivity contribution in [2.45, 2.75) is 29.9 Å². The van der Waals surface area contributed by atoms with E-state index >= 15 is 0 Å². The molecular formula is C22H25N3O4S. The Kier molecular flexibility index (Phi) is 4.47. The number of aliphatic imine (C=N–C) groups is 1. The summed E-state index contributed by atoms with van der Waals surface area (Å²) in [6, 6.07) is 12.7. The first-order valence-corrected chi connectivity index (χ1v) is 11.5. The van der Waals surface area contributed by atoms with Crippen LogP contribution in [0, 0.1) is 0 Å². The second-order valence-electron chi connectivity index (χ2n) is 8.50. The fraction of sp³-hybridized carbons (Fsp3) is 0.364. The molecule has 158 valence electrons. The number of ether oxygens (including phenoxy) is 1. The summed E-state index contributed by atoms with van der Waals surface area (Å²) in [6.07, 6.45) is 2.86. The summed E-state index contributed by atoms with van der Waals surface area (Å²) in [4.78, 5) is 21.0. The third-order valence-corrected chi connectivity index (χ3v) is 7.08. The maximum Gasteiger partial charge on any atom is 0.328 e. The van der Waals surface area contributed by atoms with Crippen LogP contribution >= 0.6 is 0 Å². The molecule has 2 aromatic carbocycles. The third kappa shape index (κ3) is 2.98. The fourth-order valence-corrected chi connectivity index (χ4v) is 4.81. The highest BCUT2D eigenvalue weighted by Crippen LogP contribution is 2.54. The van der Waals surface area contributed by atoms with Crippen LogP contribution in [0.2, 0.25) is 0 Å². The predicted molar refractivity (Wildman–Crippen MR) is 118 cm³/mol. The highest BCUT2D eigenvalue weighted by atomic mass is 32.2. The lowest BCUT2D eigenvalue weighted by molar-refractivity contribution is -0.145. The van der Waals surface area contributed by atoms with Gasteiger partial charge in [-0.25, -0.2) is 8.42 Å². The van der Waals surface area contributed by atoms with Gasteiger partial charge in [0, 0.05) is 31.7 Å². The minimum absolute atomic E-state index is 0.0836. The minimum Gasteiger partial charge on any atom is -0.431 e. The van der Waals surface area contributed by atoms with Crippen LogP contribution in [0.3, 0.4) is 0 Å². The van der Waals surface area contributed by atoms with Gasteiger partial charge >= 0.3 is 5.97 Å². The predicted octanol–water partition coefficient (Wildman–Crippen LogP) is 2.91. The first kappa shape index (κ1) is 20.4. The molecule has 1 atom stereocenters. The Bertz CT molecular complexity index is 1150. The first-order chi connectivity index (χ1) is 14.0. The van der Waals surface area contributed by atoms with Crippen LogP contribution in [-0.4, -0.2) is 53.2 Å². The Hall–Kier alpha value is -2.87. The van der Waals surface area contributed by atoms with E-state index in [1.165, 1.54) is 6.26 Å². The van der Waals surface area contributed by atoms with Gasteiger partial charge in [0.2, 0.25) is 5.72 Å². The maximum atomic E-state index is 12.3. The fourth-order valence-electron chi connectivity index (χ4n) is 4.17. The van der Waals surface area contributed by atoms with Gasteiger partial charge in [0.05, 0.1) is 22.2 Å². The number of anilines is 2. The quantitative estimate of drug-likeness (QED) is 0.551. The second kappa shape index (κ2) is 6.57. The average Bonchev–Trinajstić information content (AvgIpc) is 3.10. The van der Waals surface area contributed by atoms with Gasteiger partial charge in [0.1, 0.15) is 6.54 Å². The molecule has 2 aliphatic heterocycles. The highest BCUT2D eigenvalue weighted by Gasteiger charge is 2.63. The van der Waals surface area contributed by atoms with Crippen molar-refractivity contribution in [2.75, 3.05) is 36.7 Å². The molecule has 0 radical (unpaired) electrons. The Morgan fingerprint density at radius 1 is 1.13 bits per heavy atom. The van der Waals surface area contributed by atoms with E-state index in [1.54, 1.807) is 24.4 Å². The van der Waals surface area contributed by atoms with Gasteiger partial charge in [-0.05, 0) is 61.9 Å². The molecule has 4 rings (SSSR count). The van der Waals surface area contributed by atoms with Crippen LogP contribution in [0.25, 0.3) is 0 Å². The SMILES string of the molecule is CN(C)c1ccc(N=CC23OC(=O)CN2c2ccc(S(C)(=O)=O)cc2C3(C)C)cc1. The molecule has 7 nitrogen and oxygen atoms in total. The van der Waals surface area contributed by atoms with Crippen molar-refractivity contribution in [2.24, 2.45) is 4.99 Å². The molecule has 2 heterocycles. The van der Waals surface area contributed by atoms with Gasteiger partial charge in [0.15, 0.2) is 9.84 Å². The molecule has 0 aromatic heterocycles. The average molecular weight is 428 g/mol. The van der Waals surface area contributed by atoms with Gasteiger partial charge in [-0.3, -0.25) is 9.79 Å². The lowest BCUT2D eigenvalue weighted by atomic mass is 9.78. The van der Waals surface area contributed by atoms with Crippen molar-refractivity contribution in [3.63, 3.8) is 0 Å². The highest BCUT2D eigenvalue weighted by molar-refractivity contribution is 7.90. The van der Waals surface area contributed by atoms with Crippen molar-refractivity contribution >= 4 is 39.1 Å². The Balaban J connectivity index is 1.79. The van der Waals surface area contributed by atoms with Crippen molar-refractivity contribution in [3.05, 3.63) is 48.0 Å². The van der Waals surface area contributed by atoms with E-state index in [0.717, 1.165) is 22.6 Å². The molecule has 30 heavy (non-hydrogen) atoms. The van der Waals surface area contributed by atoms with Gasteiger partial charge in [-0.1, -0.05) is 0 Å². The van der Waals surface area contributed by atoms with E-state index < -0.39 is 21.0 Å². The van der Waals surface area contributed by atoms with E-state index in [2.05, 4.69) is 4.99 Å². The zero-order chi connectivity index (χ0) is 21.9. The number of hydrogen-bond donors (Lipinski definition) is 0. The zero-order valence-corrected chi connectivity index (χ0v) is 18.5. The molecule has 2 aliphatic rings. The number of sulfone groups is 1. The van der Waals surface area contributed by atoms with Crippen LogP contribution in [0.5, 0.6) is 0 Å². The zero-order valence-electron chi connectivity index (χ0n) is 17.7. The van der Waals surface area contributed by atoms with Gasteiger partial charge < -0.3 is 14.5 Å². The van der Waals surface area contributed by atoms with E-state index in [9.17, 15) is 13.2 Å². The van der Waals surface area contributed by atoms with E-state index in [-0.39, 0.29) is 17.4 Å². The van der Waals surface area contributed by atoms with Gasteiger partial charge in [0.25, 0.3) is 0 Å². The number of rotatable bonds is 4. The van der Waals surface area contributed by atoms with Gasteiger partial charge in [-0.15, -0.1) is 0 Å². The first-order valence-electron chi connectivity index (χ1n) is 9.62. The molecule has 0 bridgehead atoms. The number of esters is 1. The van der Waals surface area contributed by atoms with Crippen molar-refractivity contribution in [3.8, 4) is 0 Å². The Morgan fingerprint density at radius 2 is 1.80 bits per heavy atom.